The number of benzene rings is 2. The van der Waals surface area contributed by atoms with Gasteiger partial charge in [0.25, 0.3) is 0 Å². The molecule has 0 spiro atoms. The molecule has 1 N–H and O–H groups in total. The van der Waals surface area contributed by atoms with Gasteiger partial charge in [-0.3, -0.25) is 9.80 Å². The smallest absolute Gasteiger partial charge is 0.410 e. The summed E-state index contributed by atoms with van der Waals surface area (Å²) in [5.41, 5.74) is -0.246. The Hall–Kier alpha value is -4.83. The first-order valence-electron chi connectivity index (χ1n) is 19.4. The summed E-state index contributed by atoms with van der Waals surface area (Å²) in [4.78, 5) is 34.7. The second-order valence-electron chi connectivity index (χ2n) is 17.0. The van der Waals surface area contributed by atoms with Crippen molar-refractivity contribution in [2.24, 2.45) is 5.92 Å². The quantitative estimate of drug-likeness (QED) is 0.216. The van der Waals surface area contributed by atoms with Gasteiger partial charge in [0.1, 0.15) is 46.5 Å². The zero-order valence-corrected chi connectivity index (χ0v) is 31.5. The largest absolute Gasteiger partial charge is 0.508 e. The fourth-order valence-corrected chi connectivity index (χ4v) is 10.1. The number of phenols is 1. The minimum Gasteiger partial charge on any atom is -0.508 e. The van der Waals surface area contributed by atoms with Crippen LogP contribution in [0.15, 0.2) is 24.3 Å². The van der Waals surface area contributed by atoms with Crippen LogP contribution in [0.1, 0.15) is 77.5 Å². The van der Waals surface area contributed by atoms with Crippen molar-refractivity contribution in [3.8, 4) is 35.4 Å². The molecule has 4 saturated heterocycles. The van der Waals surface area contributed by atoms with Crippen molar-refractivity contribution < 1.29 is 32.5 Å². The summed E-state index contributed by atoms with van der Waals surface area (Å²) >= 11 is 0. The third-order valence-electron chi connectivity index (χ3n) is 12.3. The molecule has 5 aliphatic rings. The van der Waals surface area contributed by atoms with Crippen LogP contribution in [0.2, 0.25) is 0 Å². The number of pyridine rings is 1. The summed E-state index contributed by atoms with van der Waals surface area (Å²) in [6, 6.07) is 4.86. The van der Waals surface area contributed by atoms with Crippen molar-refractivity contribution in [1.29, 1.82) is 0 Å². The number of amides is 1. The van der Waals surface area contributed by atoms with E-state index in [1.54, 1.807) is 0 Å². The topological polar surface area (TPSA) is 104 Å². The molecule has 288 valence electrons. The van der Waals surface area contributed by atoms with E-state index in [1.165, 1.54) is 24.3 Å². The van der Waals surface area contributed by atoms with E-state index in [0.29, 0.717) is 54.6 Å². The summed E-state index contributed by atoms with van der Waals surface area (Å²) in [5.74, 6) is 1.17. The van der Waals surface area contributed by atoms with Crippen LogP contribution in [0.4, 0.5) is 23.8 Å². The molecule has 4 fully saturated rings. The highest BCUT2D eigenvalue weighted by molar-refractivity contribution is 6.03. The average Bonchev–Trinajstić information content (AvgIpc) is 3.64. The second kappa shape index (κ2) is 13.1. The number of terminal acetylenes is 1. The molecule has 1 unspecified atom stereocenters. The van der Waals surface area contributed by atoms with Gasteiger partial charge < -0.3 is 19.5 Å². The van der Waals surface area contributed by atoms with Crippen molar-refractivity contribution in [3.05, 3.63) is 47.2 Å². The maximum atomic E-state index is 17.5. The third-order valence-corrected chi connectivity index (χ3v) is 12.3. The highest BCUT2D eigenvalue weighted by Crippen LogP contribution is 2.47. The molecule has 7 atom stereocenters. The minimum absolute atomic E-state index is 0.0230. The number of carbonyl (C=O) groups excluding carboxylic acids is 1. The standard InChI is InChI=1S/C42H45F3N6O4/c1-6-26-28(44)12-9-22-17-25(52)18-27(33(22)26)36-35(45)37-34-29(46-36)16-21(2)38-31-13-11-24(51(31)41(53)55-42(3,4)5)20-50(38)39(34)48-40(47-37)54-32-14-10-23(43)19-49-15-7-8-30(32)49/h1,9,12,17-18,21,23-24,30-32,38,52H,7-8,10-11,13-16,19-20H2,2-5H3/t21-,23+,24+,30+,31-,32?,38-/m0/s1. The van der Waals surface area contributed by atoms with Crippen LogP contribution in [0, 0.1) is 29.9 Å². The van der Waals surface area contributed by atoms with Crippen LogP contribution in [0.25, 0.3) is 32.9 Å². The molecule has 1 amide bonds. The average molecular weight is 755 g/mol. The number of nitrogens with zero attached hydrogens (tertiary/aromatic N) is 6. The predicted octanol–water partition coefficient (Wildman–Crippen LogP) is 7.30. The van der Waals surface area contributed by atoms with Gasteiger partial charge in [-0.15, -0.1) is 6.42 Å². The SMILES string of the molecule is C#Cc1c(F)ccc2cc(O)cc(-c3nc4c5c(nc(OC6CC[C@@H](F)CN7CCC[C@H]67)nc5c3F)N3C[C@H]5CC[C@@H]([C@@H]3[C@@H](C)C4)N5C(=O)OC(C)(C)C)c12. The van der Waals surface area contributed by atoms with E-state index in [1.807, 2.05) is 25.7 Å². The number of ether oxygens (including phenoxy) is 2. The van der Waals surface area contributed by atoms with Gasteiger partial charge in [0.05, 0.1) is 34.8 Å². The van der Waals surface area contributed by atoms with E-state index >= 15 is 8.78 Å². The molecule has 13 heteroatoms. The van der Waals surface area contributed by atoms with E-state index < -0.39 is 29.5 Å². The number of anilines is 1. The van der Waals surface area contributed by atoms with Gasteiger partial charge in [-0.1, -0.05) is 18.9 Å². The predicted molar refractivity (Wildman–Crippen MR) is 202 cm³/mol. The Morgan fingerprint density at radius 1 is 1.02 bits per heavy atom. The lowest BCUT2D eigenvalue weighted by molar-refractivity contribution is 0.00488. The van der Waals surface area contributed by atoms with Gasteiger partial charge in [-0.05, 0) is 102 Å². The molecule has 2 aromatic heterocycles. The van der Waals surface area contributed by atoms with Crippen LogP contribution in [-0.2, 0) is 11.2 Å². The highest BCUT2D eigenvalue weighted by atomic mass is 19.1. The van der Waals surface area contributed by atoms with Gasteiger partial charge in [0.2, 0.25) is 0 Å². The number of hydrogen-bond donors (Lipinski definition) is 1. The molecule has 5 aliphatic heterocycles. The molecule has 10 nitrogen and oxygen atoms in total. The van der Waals surface area contributed by atoms with E-state index in [2.05, 4.69) is 22.6 Å². The number of aromatic nitrogens is 3. The number of fused-ring (bicyclic) bond motifs is 7. The number of rotatable bonds is 3. The number of alkyl halides is 1. The number of carbonyl (C=O) groups is 1. The van der Waals surface area contributed by atoms with E-state index in [0.717, 1.165) is 32.2 Å². The first-order valence-corrected chi connectivity index (χ1v) is 19.4. The van der Waals surface area contributed by atoms with Crippen LogP contribution in [0.5, 0.6) is 11.8 Å². The third kappa shape index (κ3) is 5.99. The van der Waals surface area contributed by atoms with Crippen molar-refractivity contribution in [2.75, 3.05) is 24.5 Å². The fourth-order valence-electron chi connectivity index (χ4n) is 10.1. The monoisotopic (exact) mass is 754 g/mol. The summed E-state index contributed by atoms with van der Waals surface area (Å²) < 4.78 is 60.2. The Labute approximate surface area is 318 Å². The number of aromatic hydroxyl groups is 1. The molecule has 55 heavy (non-hydrogen) atoms. The summed E-state index contributed by atoms with van der Waals surface area (Å²) in [7, 11) is 0. The number of halogens is 3. The summed E-state index contributed by atoms with van der Waals surface area (Å²) in [6.45, 7) is 9.23. The van der Waals surface area contributed by atoms with E-state index in [9.17, 15) is 14.3 Å². The van der Waals surface area contributed by atoms with Crippen molar-refractivity contribution in [2.45, 2.75) is 115 Å². The molecule has 0 aliphatic carbocycles. The molecular weight excluding hydrogens is 709 g/mol. The summed E-state index contributed by atoms with van der Waals surface area (Å²) in [5, 5.41) is 11.9. The fraction of sp³-hybridized carbons (Fsp3) is 0.524. The lowest BCUT2D eigenvalue weighted by Gasteiger charge is -2.49. The number of piperazine rings is 1. The Bertz CT molecular complexity index is 2270. The van der Waals surface area contributed by atoms with Gasteiger partial charge in [-0.2, -0.15) is 9.97 Å². The van der Waals surface area contributed by atoms with Crippen molar-refractivity contribution in [1.82, 2.24) is 24.8 Å². The molecule has 2 aromatic carbocycles. The Morgan fingerprint density at radius 2 is 1.84 bits per heavy atom. The van der Waals surface area contributed by atoms with Crippen molar-refractivity contribution >= 4 is 33.6 Å². The lowest BCUT2D eigenvalue weighted by atomic mass is 9.88. The highest BCUT2D eigenvalue weighted by Gasteiger charge is 2.53. The lowest BCUT2D eigenvalue weighted by Crippen LogP contribution is -2.63. The van der Waals surface area contributed by atoms with E-state index in [4.69, 9.17) is 30.8 Å². The van der Waals surface area contributed by atoms with Gasteiger partial charge in [0, 0.05) is 30.1 Å². The first-order chi connectivity index (χ1) is 26.3. The molecule has 9 rings (SSSR count). The zero-order chi connectivity index (χ0) is 38.5. The van der Waals surface area contributed by atoms with Crippen LogP contribution in [0.3, 0.4) is 0 Å². The van der Waals surface area contributed by atoms with E-state index in [-0.39, 0.29) is 75.7 Å². The molecule has 0 radical (unpaired) electrons. The molecule has 2 bridgehead atoms. The van der Waals surface area contributed by atoms with Crippen LogP contribution >= 0.6 is 0 Å². The number of phenolic OH excluding ortho intramolecular Hbond substituents is 1. The van der Waals surface area contributed by atoms with Crippen LogP contribution in [-0.4, -0.2) is 97.6 Å². The molecule has 4 aromatic rings. The van der Waals surface area contributed by atoms with Gasteiger partial charge >= 0.3 is 12.1 Å². The maximum absolute atomic E-state index is 17.5. The Balaban J connectivity index is 1.24. The first kappa shape index (κ1) is 35.8. The van der Waals surface area contributed by atoms with Crippen molar-refractivity contribution in [3.63, 3.8) is 0 Å². The van der Waals surface area contributed by atoms with Gasteiger partial charge in [-0.25, -0.2) is 22.9 Å². The molecular formula is C42H45F3N6O4. The zero-order valence-electron chi connectivity index (χ0n) is 31.5. The molecule has 0 saturated carbocycles. The maximum Gasteiger partial charge on any atom is 0.410 e. The Morgan fingerprint density at radius 3 is 2.62 bits per heavy atom. The van der Waals surface area contributed by atoms with Gasteiger partial charge in [0.15, 0.2) is 5.82 Å². The minimum atomic E-state index is -0.973. The normalized spacial score (nSPS) is 27.7. The number of hydrogen-bond acceptors (Lipinski definition) is 9. The second-order valence-corrected chi connectivity index (χ2v) is 17.0. The summed E-state index contributed by atoms with van der Waals surface area (Å²) in [6.07, 6.45) is 8.56. The molecule has 7 heterocycles. The Kier molecular flexibility index (Phi) is 8.57. The van der Waals surface area contributed by atoms with Crippen LogP contribution < -0.4 is 9.64 Å².